The minimum Gasteiger partial charge on any atom is -0.310 e. The quantitative estimate of drug-likeness (QED) is 0.860. The van der Waals surface area contributed by atoms with E-state index in [1.165, 1.54) is 36.1 Å². The molecule has 0 fully saturated rings. The summed E-state index contributed by atoms with van der Waals surface area (Å²) in [5, 5.41) is 0.753. The Labute approximate surface area is 129 Å². The Balaban J connectivity index is 1.89. The van der Waals surface area contributed by atoms with Crippen molar-refractivity contribution >= 4 is 22.7 Å². The molecule has 0 spiro atoms. The van der Waals surface area contributed by atoms with E-state index < -0.39 is 0 Å². The molecule has 3 rings (SSSR count). The topological polar surface area (TPSA) is 45.8 Å². The first kappa shape index (κ1) is 14.6. The van der Waals surface area contributed by atoms with E-state index in [0.29, 0.717) is 0 Å². The molecule has 0 unspecified atom stereocenters. The van der Waals surface area contributed by atoms with Gasteiger partial charge in [-0.05, 0) is 73.8 Å². The standard InChI is InChI=1S/C17H22N2OS/c1-21-9-5-4-8-16-18-15-11-13-7-3-2-6-12(13)10-14(15)17(20)19-16/h10-11H,2-9H2,1H3,(H,18,19,20). The maximum atomic E-state index is 12.3. The first-order valence-corrected chi connectivity index (χ1v) is 9.21. The molecule has 1 aromatic heterocycles. The molecule has 1 aliphatic rings. The van der Waals surface area contributed by atoms with Crippen LogP contribution in [0.5, 0.6) is 0 Å². The van der Waals surface area contributed by atoms with Crippen molar-refractivity contribution in [2.24, 2.45) is 0 Å². The van der Waals surface area contributed by atoms with Gasteiger partial charge < -0.3 is 4.98 Å². The lowest BCUT2D eigenvalue weighted by Crippen LogP contribution is -2.14. The molecule has 0 aliphatic heterocycles. The van der Waals surface area contributed by atoms with Gasteiger partial charge in [0.15, 0.2) is 0 Å². The lowest BCUT2D eigenvalue weighted by molar-refractivity contribution is 0.686. The highest BCUT2D eigenvalue weighted by atomic mass is 32.2. The Morgan fingerprint density at radius 1 is 1.19 bits per heavy atom. The molecule has 2 aromatic rings. The fraction of sp³-hybridized carbons (Fsp3) is 0.529. The molecule has 1 N–H and O–H groups in total. The third-order valence-corrected chi connectivity index (χ3v) is 4.93. The van der Waals surface area contributed by atoms with Crippen LogP contribution >= 0.6 is 11.8 Å². The molecule has 21 heavy (non-hydrogen) atoms. The van der Waals surface area contributed by atoms with Crippen molar-refractivity contribution in [3.05, 3.63) is 39.4 Å². The van der Waals surface area contributed by atoms with Crippen molar-refractivity contribution < 1.29 is 0 Å². The zero-order valence-corrected chi connectivity index (χ0v) is 13.4. The van der Waals surface area contributed by atoms with E-state index in [0.717, 1.165) is 42.4 Å². The van der Waals surface area contributed by atoms with Crippen LogP contribution in [0.1, 0.15) is 42.6 Å². The van der Waals surface area contributed by atoms with Crippen LogP contribution in [0, 0.1) is 0 Å². The third kappa shape index (κ3) is 3.31. The SMILES string of the molecule is CSCCCCc1nc2cc3c(cc2c(=O)[nH]1)CCCC3. The van der Waals surface area contributed by atoms with E-state index in [2.05, 4.69) is 28.4 Å². The number of aryl methyl sites for hydroxylation is 3. The predicted octanol–water partition coefficient (Wildman–Crippen LogP) is 3.49. The Morgan fingerprint density at radius 2 is 1.95 bits per heavy atom. The summed E-state index contributed by atoms with van der Waals surface area (Å²) in [4.78, 5) is 19.9. The predicted molar refractivity (Wildman–Crippen MR) is 90.3 cm³/mol. The Kier molecular flexibility index (Phi) is 4.63. The number of aromatic amines is 1. The molecule has 1 aromatic carbocycles. The number of nitrogens with one attached hydrogen (secondary N) is 1. The molecule has 0 radical (unpaired) electrons. The number of hydrogen-bond donors (Lipinski definition) is 1. The fourth-order valence-corrected chi connectivity index (χ4v) is 3.57. The van der Waals surface area contributed by atoms with Crippen molar-refractivity contribution in [3.8, 4) is 0 Å². The summed E-state index contributed by atoms with van der Waals surface area (Å²) in [6.45, 7) is 0. The van der Waals surface area contributed by atoms with Crippen molar-refractivity contribution in [2.75, 3.05) is 12.0 Å². The van der Waals surface area contributed by atoms with Crippen LogP contribution in [0.15, 0.2) is 16.9 Å². The number of hydrogen-bond acceptors (Lipinski definition) is 3. The number of H-pyrrole nitrogens is 1. The Bertz CT molecular complexity index is 693. The van der Waals surface area contributed by atoms with Crippen molar-refractivity contribution in [2.45, 2.75) is 44.9 Å². The summed E-state index contributed by atoms with van der Waals surface area (Å²) in [6.07, 6.45) is 9.96. The average molecular weight is 302 g/mol. The first-order valence-electron chi connectivity index (χ1n) is 7.81. The molecular weight excluding hydrogens is 280 g/mol. The van der Waals surface area contributed by atoms with Crippen LogP contribution < -0.4 is 5.56 Å². The van der Waals surface area contributed by atoms with Gasteiger partial charge in [-0.2, -0.15) is 11.8 Å². The van der Waals surface area contributed by atoms with E-state index in [1.807, 2.05) is 11.8 Å². The van der Waals surface area contributed by atoms with Crippen LogP contribution in [0.2, 0.25) is 0 Å². The second kappa shape index (κ2) is 6.65. The number of aromatic nitrogens is 2. The molecule has 0 saturated heterocycles. The van der Waals surface area contributed by atoms with Crippen molar-refractivity contribution in [1.82, 2.24) is 9.97 Å². The highest BCUT2D eigenvalue weighted by Crippen LogP contribution is 2.24. The number of nitrogens with zero attached hydrogens (tertiary/aromatic N) is 1. The second-order valence-corrected chi connectivity index (χ2v) is 6.79. The minimum absolute atomic E-state index is 0.0215. The molecule has 0 saturated carbocycles. The molecule has 3 nitrogen and oxygen atoms in total. The molecule has 1 heterocycles. The van der Waals surface area contributed by atoms with Gasteiger partial charge in [0.05, 0.1) is 10.9 Å². The van der Waals surface area contributed by atoms with Gasteiger partial charge in [-0.1, -0.05) is 0 Å². The van der Waals surface area contributed by atoms with E-state index in [4.69, 9.17) is 0 Å². The van der Waals surface area contributed by atoms with E-state index in [-0.39, 0.29) is 5.56 Å². The minimum atomic E-state index is 0.0215. The first-order chi connectivity index (χ1) is 10.3. The lowest BCUT2D eigenvalue weighted by atomic mass is 9.90. The fourth-order valence-electron chi connectivity index (χ4n) is 3.08. The second-order valence-electron chi connectivity index (χ2n) is 5.81. The molecule has 4 heteroatoms. The number of fused-ring (bicyclic) bond motifs is 2. The van der Waals surface area contributed by atoms with Crippen LogP contribution in [0.3, 0.4) is 0 Å². The number of unbranched alkanes of at least 4 members (excludes halogenated alkanes) is 1. The van der Waals surface area contributed by atoms with E-state index >= 15 is 0 Å². The highest BCUT2D eigenvalue weighted by Gasteiger charge is 2.13. The maximum absolute atomic E-state index is 12.3. The summed E-state index contributed by atoms with van der Waals surface area (Å²) in [7, 11) is 0. The van der Waals surface area contributed by atoms with Crippen LogP contribution in [0.4, 0.5) is 0 Å². The Morgan fingerprint density at radius 3 is 2.71 bits per heavy atom. The summed E-state index contributed by atoms with van der Waals surface area (Å²) >= 11 is 1.87. The van der Waals surface area contributed by atoms with Gasteiger partial charge in [-0.3, -0.25) is 4.79 Å². The number of benzene rings is 1. The van der Waals surface area contributed by atoms with E-state index in [9.17, 15) is 4.79 Å². The number of thioether (sulfide) groups is 1. The van der Waals surface area contributed by atoms with Gasteiger partial charge in [-0.15, -0.1) is 0 Å². The van der Waals surface area contributed by atoms with Gasteiger partial charge in [-0.25, -0.2) is 4.98 Å². The van der Waals surface area contributed by atoms with E-state index in [1.54, 1.807) is 0 Å². The van der Waals surface area contributed by atoms with Crippen LogP contribution in [-0.2, 0) is 19.3 Å². The highest BCUT2D eigenvalue weighted by molar-refractivity contribution is 7.98. The summed E-state index contributed by atoms with van der Waals surface area (Å²) in [5.41, 5.74) is 3.63. The van der Waals surface area contributed by atoms with Crippen molar-refractivity contribution in [1.29, 1.82) is 0 Å². The smallest absolute Gasteiger partial charge is 0.258 e. The summed E-state index contributed by atoms with van der Waals surface area (Å²) in [6, 6.07) is 4.21. The Hall–Kier alpha value is -1.29. The average Bonchev–Trinajstić information content (AvgIpc) is 2.50. The van der Waals surface area contributed by atoms with Gasteiger partial charge in [0.25, 0.3) is 5.56 Å². The molecule has 1 aliphatic carbocycles. The van der Waals surface area contributed by atoms with Crippen LogP contribution in [0.25, 0.3) is 10.9 Å². The third-order valence-electron chi connectivity index (χ3n) is 4.23. The lowest BCUT2D eigenvalue weighted by Gasteiger charge is -2.16. The van der Waals surface area contributed by atoms with Crippen LogP contribution in [-0.4, -0.2) is 22.0 Å². The summed E-state index contributed by atoms with van der Waals surface area (Å²) in [5.74, 6) is 2.01. The zero-order chi connectivity index (χ0) is 14.7. The maximum Gasteiger partial charge on any atom is 0.258 e. The summed E-state index contributed by atoms with van der Waals surface area (Å²) < 4.78 is 0. The molecule has 112 valence electrons. The molecule has 0 amide bonds. The van der Waals surface area contributed by atoms with Gasteiger partial charge >= 0.3 is 0 Å². The molecule has 0 atom stereocenters. The molecule has 0 bridgehead atoms. The van der Waals surface area contributed by atoms with Gasteiger partial charge in [0.2, 0.25) is 0 Å². The normalized spacial score (nSPS) is 14.3. The van der Waals surface area contributed by atoms with Gasteiger partial charge in [0, 0.05) is 6.42 Å². The zero-order valence-electron chi connectivity index (χ0n) is 12.6. The van der Waals surface area contributed by atoms with Crippen molar-refractivity contribution in [3.63, 3.8) is 0 Å². The molecular formula is C17H22N2OS. The number of rotatable bonds is 5. The van der Waals surface area contributed by atoms with Gasteiger partial charge in [0.1, 0.15) is 5.82 Å². The monoisotopic (exact) mass is 302 g/mol. The largest absolute Gasteiger partial charge is 0.310 e.